The van der Waals surface area contributed by atoms with Gasteiger partial charge in [0.05, 0.1) is 5.02 Å². The van der Waals surface area contributed by atoms with Crippen molar-refractivity contribution in [2.75, 3.05) is 6.54 Å². The lowest BCUT2D eigenvalue weighted by molar-refractivity contribution is -0.137. The van der Waals surface area contributed by atoms with Gasteiger partial charge in [0.1, 0.15) is 11.4 Å². The predicted molar refractivity (Wildman–Crippen MR) is 75.2 cm³/mol. The van der Waals surface area contributed by atoms with Crippen molar-refractivity contribution in [3.8, 4) is 0 Å². The zero-order valence-electron chi connectivity index (χ0n) is 10.8. The van der Waals surface area contributed by atoms with Crippen LogP contribution in [0.2, 0.25) is 5.02 Å². The lowest BCUT2D eigenvalue weighted by atomic mass is 10.2. The van der Waals surface area contributed by atoms with Gasteiger partial charge in [-0.2, -0.15) is 4.31 Å². The molecule has 110 valence electrons. The average Bonchev–Trinajstić information content (AvgIpc) is 2.89. The molecule has 0 amide bonds. The molecule has 0 aliphatic heterocycles. The summed E-state index contributed by atoms with van der Waals surface area (Å²) < 4.78 is 26.4. The van der Waals surface area contributed by atoms with Crippen LogP contribution in [-0.4, -0.2) is 36.4 Å². The van der Waals surface area contributed by atoms with E-state index in [0.717, 1.165) is 17.1 Å². The number of carboxylic acid groups (broad SMARTS) is 1. The molecule has 1 saturated carbocycles. The van der Waals surface area contributed by atoms with E-state index in [0.29, 0.717) is 12.8 Å². The molecule has 0 spiro atoms. The average molecular weight is 318 g/mol. The summed E-state index contributed by atoms with van der Waals surface area (Å²) in [6.45, 7) is -0.530. The van der Waals surface area contributed by atoms with Gasteiger partial charge in [-0.15, -0.1) is 0 Å². The molecule has 0 unspecified atom stereocenters. The van der Waals surface area contributed by atoms with E-state index in [2.05, 4.69) is 0 Å². The second-order valence-corrected chi connectivity index (χ2v) is 7.08. The smallest absolute Gasteiger partial charge is 0.318 e. The Morgan fingerprint density at radius 2 is 1.90 bits per heavy atom. The summed E-state index contributed by atoms with van der Waals surface area (Å²) in [4.78, 5) is 11.0. The van der Waals surface area contributed by atoms with E-state index in [9.17, 15) is 13.2 Å². The molecular formula is C13H16ClNO4S. The Balaban J connectivity index is 2.41. The van der Waals surface area contributed by atoms with Crippen molar-refractivity contribution in [1.82, 2.24) is 4.31 Å². The maximum Gasteiger partial charge on any atom is 0.318 e. The molecule has 1 aromatic rings. The summed E-state index contributed by atoms with van der Waals surface area (Å²) in [6.07, 6.45) is 3.21. The van der Waals surface area contributed by atoms with Crippen LogP contribution in [0.5, 0.6) is 0 Å². The molecule has 1 aliphatic rings. The number of hydrogen-bond donors (Lipinski definition) is 1. The van der Waals surface area contributed by atoms with Crippen LogP contribution >= 0.6 is 11.6 Å². The first-order valence-electron chi connectivity index (χ1n) is 6.41. The van der Waals surface area contributed by atoms with Crippen LogP contribution in [0.4, 0.5) is 0 Å². The predicted octanol–water partition coefficient (Wildman–Crippen LogP) is 2.36. The van der Waals surface area contributed by atoms with Crippen molar-refractivity contribution in [2.45, 2.75) is 36.6 Å². The topological polar surface area (TPSA) is 74.7 Å². The number of carboxylic acids is 1. The van der Waals surface area contributed by atoms with Crippen molar-refractivity contribution in [3.05, 3.63) is 29.3 Å². The highest BCUT2D eigenvalue weighted by atomic mass is 35.5. The highest BCUT2D eigenvalue weighted by Crippen LogP contribution is 2.31. The quantitative estimate of drug-likeness (QED) is 0.904. The minimum Gasteiger partial charge on any atom is -0.480 e. The summed E-state index contributed by atoms with van der Waals surface area (Å²) in [5.74, 6) is -1.16. The van der Waals surface area contributed by atoms with E-state index in [1.807, 2.05) is 0 Å². The molecule has 5 nitrogen and oxygen atoms in total. The van der Waals surface area contributed by atoms with E-state index in [1.54, 1.807) is 12.1 Å². The number of halogens is 1. The van der Waals surface area contributed by atoms with Gasteiger partial charge < -0.3 is 5.11 Å². The summed E-state index contributed by atoms with van der Waals surface area (Å²) in [5.41, 5.74) is 0. The minimum absolute atomic E-state index is 0.0326. The Labute approximate surface area is 123 Å². The number of nitrogens with zero attached hydrogens (tertiary/aromatic N) is 1. The first-order chi connectivity index (χ1) is 9.43. The van der Waals surface area contributed by atoms with E-state index >= 15 is 0 Å². The van der Waals surface area contributed by atoms with Crippen molar-refractivity contribution in [2.24, 2.45) is 0 Å². The first kappa shape index (κ1) is 15.3. The Kier molecular flexibility index (Phi) is 4.67. The third kappa shape index (κ3) is 3.13. The standard InChI is InChI=1S/C13H16ClNO4S/c14-11-7-3-4-8-12(11)20(18,19)15(9-13(16)17)10-5-1-2-6-10/h3-4,7-8,10H,1-2,5-6,9H2,(H,16,17). The molecule has 1 aliphatic carbocycles. The van der Waals surface area contributed by atoms with Gasteiger partial charge in [-0.25, -0.2) is 8.42 Å². The Bertz CT molecular complexity index is 596. The lowest BCUT2D eigenvalue weighted by Gasteiger charge is -2.26. The van der Waals surface area contributed by atoms with Crippen LogP contribution in [0.15, 0.2) is 29.2 Å². The van der Waals surface area contributed by atoms with Crippen molar-refractivity contribution in [3.63, 3.8) is 0 Å². The van der Waals surface area contributed by atoms with Gasteiger partial charge in [0.15, 0.2) is 0 Å². The number of hydrogen-bond acceptors (Lipinski definition) is 3. The molecule has 1 fully saturated rings. The summed E-state index contributed by atoms with van der Waals surface area (Å²) in [6, 6.07) is 5.85. The van der Waals surface area contributed by atoms with Gasteiger partial charge in [-0.3, -0.25) is 4.79 Å². The number of aliphatic carboxylic acids is 1. The normalized spacial score (nSPS) is 16.7. The second kappa shape index (κ2) is 6.11. The third-order valence-corrected chi connectivity index (χ3v) is 5.84. The van der Waals surface area contributed by atoms with Gasteiger partial charge in [0.25, 0.3) is 0 Å². The monoisotopic (exact) mass is 317 g/mol. The zero-order chi connectivity index (χ0) is 14.8. The van der Waals surface area contributed by atoms with Crippen molar-refractivity contribution >= 4 is 27.6 Å². The molecular weight excluding hydrogens is 302 g/mol. The first-order valence-corrected chi connectivity index (χ1v) is 8.23. The van der Waals surface area contributed by atoms with Gasteiger partial charge in [0.2, 0.25) is 10.0 Å². The van der Waals surface area contributed by atoms with Crippen LogP contribution in [0.3, 0.4) is 0 Å². The number of benzene rings is 1. The Morgan fingerprint density at radius 1 is 1.30 bits per heavy atom. The van der Waals surface area contributed by atoms with E-state index < -0.39 is 22.5 Å². The summed E-state index contributed by atoms with van der Waals surface area (Å²) >= 11 is 5.94. The molecule has 0 bridgehead atoms. The fourth-order valence-corrected chi connectivity index (χ4v) is 4.65. The fourth-order valence-electron chi connectivity index (χ4n) is 2.52. The van der Waals surface area contributed by atoms with E-state index in [-0.39, 0.29) is 16.0 Å². The molecule has 20 heavy (non-hydrogen) atoms. The lowest BCUT2D eigenvalue weighted by Crippen LogP contribution is -2.42. The number of rotatable bonds is 5. The molecule has 0 aromatic heterocycles. The van der Waals surface area contributed by atoms with Crippen LogP contribution in [-0.2, 0) is 14.8 Å². The zero-order valence-corrected chi connectivity index (χ0v) is 12.4. The molecule has 7 heteroatoms. The number of carbonyl (C=O) groups is 1. The van der Waals surface area contributed by atoms with Crippen molar-refractivity contribution < 1.29 is 18.3 Å². The third-order valence-electron chi connectivity index (χ3n) is 3.45. The molecule has 0 radical (unpaired) electrons. The van der Waals surface area contributed by atoms with Gasteiger partial charge in [0, 0.05) is 6.04 Å². The maximum atomic E-state index is 12.7. The Morgan fingerprint density at radius 3 is 2.45 bits per heavy atom. The second-order valence-electron chi connectivity index (χ2n) is 4.81. The van der Waals surface area contributed by atoms with Crippen LogP contribution in [0, 0.1) is 0 Å². The van der Waals surface area contributed by atoms with Gasteiger partial charge in [-0.05, 0) is 25.0 Å². The van der Waals surface area contributed by atoms with E-state index in [4.69, 9.17) is 16.7 Å². The summed E-state index contributed by atoms with van der Waals surface area (Å²) in [7, 11) is -3.89. The minimum atomic E-state index is -3.89. The molecule has 0 saturated heterocycles. The molecule has 0 heterocycles. The molecule has 0 atom stereocenters. The molecule has 1 N–H and O–H groups in total. The van der Waals surface area contributed by atoms with Gasteiger partial charge >= 0.3 is 5.97 Å². The van der Waals surface area contributed by atoms with E-state index in [1.165, 1.54) is 12.1 Å². The molecule has 2 rings (SSSR count). The SMILES string of the molecule is O=C(O)CN(C1CCCC1)S(=O)(=O)c1ccccc1Cl. The summed E-state index contributed by atoms with van der Waals surface area (Å²) in [5, 5.41) is 9.10. The van der Waals surface area contributed by atoms with Crippen LogP contribution in [0.25, 0.3) is 0 Å². The fraction of sp³-hybridized carbons (Fsp3) is 0.462. The van der Waals surface area contributed by atoms with Gasteiger partial charge in [-0.1, -0.05) is 36.6 Å². The largest absolute Gasteiger partial charge is 0.480 e. The maximum absolute atomic E-state index is 12.7. The van der Waals surface area contributed by atoms with Crippen molar-refractivity contribution in [1.29, 1.82) is 0 Å². The molecule has 1 aromatic carbocycles. The highest BCUT2D eigenvalue weighted by Gasteiger charge is 2.35. The Hall–Kier alpha value is -1.11. The van der Waals surface area contributed by atoms with Crippen LogP contribution in [0.1, 0.15) is 25.7 Å². The highest BCUT2D eigenvalue weighted by molar-refractivity contribution is 7.89. The van der Waals surface area contributed by atoms with Crippen LogP contribution < -0.4 is 0 Å². The number of sulfonamides is 1.